The van der Waals surface area contributed by atoms with Crippen molar-refractivity contribution in [1.29, 1.82) is 0 Å². The Hall–Kier alpha value is -2.90. The molecule has 24 heavy (non-hydrogen) atoms. The monoisotopic (exact) mass is 330 g/mol. The highest BCUT2D eigenvalue weighted by Gasteiger charge is 2.27. The van der Waals surface area contributed by atoms with E-state index in [-0.39, 0.29) is 23.6 Å². The van der Waals surface area contributed by atoms with Gasteiger partial charge < -0.3 is 19.0 Å². The van der Waals surface area contributed by atoms with Gasteiger partial charge >= 0.3 is 11.8 Å². The fourth-order valence-electron chi connectivity index (χ4n) is 2.54. The number of methoxy groups -OCH3 is 1. The maximum Gasteiger partial charge on any atom is 0.311 e. The Bertz CT molecular complexity index is 750. The molecule has 1 saturated heterocycles. The van der Waals surface area contributed by atoms with E-state index in [2.05, 4.69) is 10.2 Å². The molecule has 0 saturated carbocycles. The molecule has 0 unspecified atom stereocenters. The minimum absolute atomic E-state index is 0.0141. The van der Waals surface area contributed by atoms with E-state index in [0.717, 1.165) is 0 Å². The van der Waals surface area contributed by atoms with Crippen LogP contribution in [0.15, 0.2) is 28.7 Å². The van der Waals surface area contributed by atoms with Gasteiger partial charge in [0.05, 0.1) is 7.11 Å². The first-order chi connectivity index (χ1) is 11.6. The lowest BCUT2D eigenvalue weighted by atomic mass is 10.2. The van der Waals surface area contributed by atoms with Gasteiger partial charge in [0.1, 0.15) is 5.75 Å². The number of aromatic nitrogens is 2. The number of ether oxygens (including phenoxy) is 1. The molecule has 0 N–H and O–H groups in total. The van der Waals surface area contributed by atoms with E-state index in [9.17, 15) is 9.59 Å². The molecule has 2 aromatic rings. The lowest BCUT2D eigenvalue weighted by Crippen LogP contribution is -2.50. The second kappa shape index (κ2) is 6.69. The predicted molar refractivity (Wildman–Crippen MR) is 84.4 cm³/mol. The zero-order valence-corrected chi connectivity index (χ0v) is 13.6. The molecule has 3 rings (SSSR count). The molecule has 0 aliphatic carbocycles. The van der Waals surface area contributed by atoms with Gasteiger partial charge in [0.2, 0.25) is 11.8 Å². The molecule has 2 heterocycles. The van der Waals surface area contributed by atoms with E-state index in [1.54, 1.807) is 41.2 Å². The third-order valence-corrected chi connectivity index (χ3v) is 3.94. The highest BCUT2D eigenvalue weighted by Crippen LogP contribution is 2.23. The Kier molecular flexibility index (Phi) is 4.45. The molecule has 1 aromatic carbocycles. The van der Waals surface area contributed by atoms with Crippen LogP contribution < -0.4 is 4.74 Å². The number of hydrogen-bond donors (Lipinski definition) is 0. The highest BCUT2D eigenvalue weighted by atomic mass is 16.5. The number of rotatable bonds is 3. The van der Waals surface area contributed by atoms with Gasteiger partial charge in [-0.25, -0.2) is 0 Å². The van der Waals surface area contributed by atoms with Crippen LogP contribution >= 0.6 is 0 Å². The van der Waals surface area contributed by atoms with Crippen molar-refractivity contribution in [2.45, 2.75) is 6.92 Å². The summed E-state index contributed by atoms with van der Waals surface area (Å²) in [7, 11) is 1.57. The Morgan fingerprint density at radius 1 is 1.12 bits per heavy atom. The van der Waals surface area contributed by atoms with Crippen LogP contribution in [0.25, 0.3) is 11.5 Å². The van der Waals surface area contributed by atoms with Crippen molar-refractivity contribution < 1.29 is 18.7 Å². The van der Waals surface area contributed by atoms with Gasteiger partial charge in [-0.1, -0.05) is 6.07 Å². The lowest BCUT2D eigenvalue weighted by Gasteiger charge is -2.33. The molecule has 0 spiro atoms. The van der Waals surface area contributed by atoms with Crippen molar-refractivity contribution in [3.63, 3.8) is 0 Å². The van der Waals surface area contributed by atoms with E-state index in [4.69, 9.17) is 9.15 Å². The van der Waals surface area contributed by atoms with Gasteiger partial charge in [0.25, 0.3) is 0 Å². The maximum atomic E-state index is 12.4. The number of piperazine rings is 1. The van der Waals surface area contributed by atoms with E-state index >= 15 is 0 Å². The van der Waals surface area contributed by atoms with Gasteiger partial charge in [-0.05, 0) is 18.2 Å². The second-order valence-electron chi connectivity index (χ2n) is 5.44. The quantitative estimate of drug-likeness (QED) is 0.836. The molecule has 1 fully saturated rings. The SMILES string of the molecule is COc1cccc(-c2nnc(C(=O)N3CCN(C(C)=O)CC3)o2)c1. The zero-order valence-electron chi connectivity index (χ0n) is 13.6. The normalized spacial score (nSPS) is 14.6. The molecule has 0 atom stereocenters. The number of amides is 2. The average molecular weight is 330 g/mol. The summed E-state index contributed by atoms with van der Waals surface area (Å²) in [5.41, 5.74) is 0.683. The van der Waals surface area contributed by atoms with Gasteiger partial charge in [-0.2, -0.15) is 0 Å². The van der Waals surface area contributed by atoms with Crippen LogP contribution in [0.1, 0.15) is 17.6 Å². The first-order valence-corrected chi connectivity index (χ1v) is 7.61. The van der Waals surface area contributed by atoms with Gasteiger partial charge in [0, 0.05) is 38.7 Å². The van der Waals surface area contributed by atoms with Gasteiger partial charge in [-0.15, -0.1) is 10.2 Å². The largest absolute Gasteiger partial charge is 0.497 e. The standard InChI is InChI=1S/C16H18N4O4/c1-11(21)19-6-8-20(9-7-19)16(22)15-18-17-14(24-15)12-4-3-5-13(10-12)23-2/h3-5,10H,6-9H2,1-2H3. The minimum atomic E-state index is -0.320. The predicted octanol–water partition coefficient (Wildman–Crippen LogP) is 1.05. The Morgan fingerprint density at radius 2 is 1.83 bits per heavy atom. The smallest absolute Gasteiger partial charge is 0.311 e. The molecule has 1 aliphatic heterocycles. The van der Waals surface area contributed by atoms with Crippen LogP contribution in [0.5, 0.6) is 5.75 Å². The van der Waals surface area contributed by atoms with Crippen LogP contribution in [0.2, 0.25) is 0 Å². The molecule has 1 aromatic heterocycles. The number of carbonyl (C=O) groups excluding carboxylic acids is 2. The maximum absolute atomic E-state index is 12.4. The molecule has 0 radical (unpaired) electrons. The fourth-order valence-corrected chi connectivity index (χ4v) is 2.54. The molecule has 8 nitrogen and oxygen atoms in total. The molecule has 2 amide bonds. The average Bonchev–Trinajstić information content (AvgIpc) is 3.11. The summed E-state index contributed by atoms with van der Waals surface area (Å²) in [6.45, 7) is 3.45. The number of nitrogens with zero attached hydrogens (tertiary/aromatic N) is 4. The lowest BCUT2D eigenvalue weighted by molar-refractivity contribution is -0.130. The Labute approximate surface area is 139 Å². The first kappa shape index (κ1) is 16.0. The summed E-state index contributed by atoms with van der Waals surface area (Å²) in [6, 6.07) is 7.17. The fraction of sp³-hybridized carbons (Fsp3) is 0.375. The van der Waals surface area contributed by atoms with Crippen molar-refractivity contribution in [2.75, 3.05) is 33.3 Å². The van der Waals surface area contributed by atoms with Crippen molar-refractivity contribution in [3.8, 4) is 17.2 Å². The molecular weight excluding hydrogens is 312 g/mol. The van der Waals surface area contributed by atoms with E-state index in [0.29, 0.717) is 37.5 Å². The number of benzene rings is 1. The van der Waals surface area contributed by atoms with Crippen LogP contribution in [0.4, 0.5) is 0 Å². The summed E-state index contributed by atoms with van der Waals surface area (Å²) in [5.74, 6) is 0.572. The summed E-state index contributed by atoms with van der Waals surface area (Å²) >= 11 is 0. The molecule has 126 valence electrons. The van der Waals surface area contributed by atoms with Crippen LogP contribution in [-0.2, 0) is 4.79 Å². The van der Waals surface area contributed by atoms with Crippen molar-refractivity contribution in [2.24, 2.45) is 0 Å². The van der Waals surface area contributed by atoms with Gasteiger partial charge in [0.15, 0.2) is 0 Å². The van der Waals surface area contributed by atoms with Crippen LogP contribution in [0, 0.1) is 0 Å². The minimum Gasteiger partial charge on any atom is -0.497 e. The first-order valence-electron chi connectivity index (χ1n) is 7.61. The van der Waals surface area contributed by atoms with Crippen LogP contribution in [-0.4, -0.2) is 65.1 Å². The van der Waals surface area contributed by atoms with Gasteiger partial charge in [-0.3, -0.25) is 9.59 Å². The number of carbonyl (C=O) groups is 2. The summed E-state index contributed by atoms with van der Waals surface area (Å²) in [4.78, 5) is 27.1. The number of hydrogen-bond acceptors (Lipinski definition) is 6. The Morgan fingerprint density at radius 3 is 2.50 bits per heavy atom. The van der Waals surface area contributed by atoms with Crippen molar-refractivity contribution in [1.82, 2.24) is 20.0 Å². The zero-order chi connectivity index (χ0) is 17.1. The summed E-state index contributed by atoms with van der Waals surface area (Å²) in [6.07, 6.45) is 0. The molecule has 0 bridgehead atoms. The van der Waals surface area contributed by atoms with E-state index in [1.165, 1.54) is 6.92 Å². The molecule has 8 heteroatoms. The second-order valence-corrected chi connectivity index (χ2v) is 5.44. The molecular formula is C16H18N4O4. The Balaban J connectivity index is 1.71. The summed E-state index contributed by atoms with van der Waals surface area (Å²) in [5, 5.41) is 7.78. The highest BCUT2D eigenvalue weighted by molar-refractivity contribution is 5.90. The third kappa shape index (κ3) is 3.22. The summed E-state index contributed by atoms with van der Waals surface area (Å²) < 4.78 is 10.7. The third-order valence-electron chi connectivity index (χ3n) is 3.94. The van der Waals surface area contributed by atoms with E-state index in [1.807, 2.05) is 0 Å². The molecule has 1 aliphatic rings. The topological polar surface area (TPSA) is 88.8 Å². The van der Waals surface area contributed by atoms with Crippen molar-refractivity contribution in [3.05, 3.63) is 30.2 Å². The van der Waals surface area contributed by atoms with Crippen molar-refractivity contribution >= 4 is 11.8 Å². The van der Waals surface area contributed by atoms with Crippen LogP contribution in [0.3, 0.4) is 0 Å². The van der Waals surface area contributed by atoms with E-state index < -0.39 is 0 Å².